The van der Waals surface area contributed by atoms with Gasteiger partial charge < -0.3 is 5.32 Å². The van der Waals surface area contributed by atoms with Crippen molar-refractivity contribution in [1.29, 1.82) is 0 Å². The molecular weight excluding hydrogens is 244 g/mol. The van der Waals surface area contributed by atoms with Crippen molar-refractivity contribution in [3.63, 3.8) is 0 Å². The van der Waals surface area contributed by atoms with Gasteiger partial charge in [0.05, 0.1) is 10.6 Å². The molecule has 16 heavy (non-hydrogen) atoms. The monoisotopic (exact) mass is 256 g/mol. The van der Waals surface area contributed by atoms with Gasteiger partial charge in [-0.1, -0.05) is 17.7 Å². The molecule has 0 spiro atoms. The number of nitrogens with zero attached hydrogens (tertiary/aromatic N) is 1. The highest BCUT2D eigenvalue weighted by molar-refractivity contribution is 7.99. The van der Waals surface area contributed by atoms with Crippen LogP contribution in [0.3, 0.4) is 0 Å². The molecule has 86 valence electrons. The van der Waals surface area contributed by atoms with Crippen LogP contribution in [0.5, 0.6) is 0 Å². The fourth-order valence-electron chi connectivity index (χ4n) is 1.04. The molecule has 0 aliphatic rings. The first-order chi connectivity index (χ1) is 7.75. The van der Waals surface area contributed by atoms with Crippen LogP contribution in [0.4, 0.5) is 0 Å². The molecule has 1 N–H and O–H groups in total. The second kappa shape index (κ2) is 7.30. The van der Waals surface area contributed by atoms with E-state index in [-0.39, 0.29) is 5.91 Å². The van der Waals surface area contributed by atoms with Crippen molar-refractivity contribution in [2.45, 2.75) is 0 Å². The number of carbonyl (C=O) groups is 1. The molecule has 1 rings (SSSR count). The van der Waals surface area contributed by atoms with E-state index in [1.54, 1.807) is 24.0 Å². The van der Waals surface area contributed by atoms with Crippen molar-refractivity contribution in [3.8, 4) is 0 Å². The van der Waals surface area contributed by atoms with Crippen molar-refractivity contribution >= 4 is 29.3 Å². The highest BCUT2D eigenvalue weighted by Crippen LogP contribution is 2.12. The van der Waals surface area contributed by atoms with Crippen LogP contribution in [-0.2, 0) is 0 Å². The smallest absolute Gasteiger partial charge is 0.254 e. The zero-order valence-electron chi connectivity index (χ0n) is 8.78. The highest BCUT2D eigenvalue weighted by atomic mass is 35.5. The lowest BCUT2D eigenvalue weighted by Gasteiger charge is -2.05. The number of hydrogen-bond donors (Lipinski definition) is 1. The van der Waals surface area contributed by atoms with E-state index >= 15 is 0 Å². The minimum atomic E-state index is -0.183. The molecule has 1 aromatic rings. The SMILES string of the molecule is C=CCSCCNC(=O)c1cnccc1Cl. The van der Waals surface area contributed by atoms with Gasteiger partial charge in [-0.05, 0) is 6.07 Å². The Balaban J connectivity index is 2.36. The molecule has 0 atom stereocenters. The van der Waals surface area contributed by atoms with E-state index in [4.69, 9.17) is 11.6 Å². The number of thioether (sulfide) groups is 1. The first-order valence-corrected chi connectivity index (χ1v) is 6.35. The second-order valence-corrected chi connectivity index (χ2v) is 4.53. The number of amides is 1. The van der Waals surface area contributed by atoms with Crippen molar-refractivity contribution < 1.29 is 4.79 Å². The predicted octanol–water partition coefficient (Wildman–Crippen LogP) is 2.38. The van der Waals surface area contributed by atoms with E-state index in [0.29, 0.717) is 17.1 Å². The van der Waals surface area contributed by atoms with Crippen LogP contribution in [-0.4, -0.2) is 28.9 Å². The van der Waals surface area contributed by atoms with E-state index < -0.39 is 0 Å². The van der Waals surface area contributed by atoms with Crippen LogP contribution in [0.1, 0.15) is 10.4 Å². The summed E-state index contributed by atoms with van der Waals surface area (Å²) >= 11 is 7.58. The van der Waals surface area contributed by atoms with Crippen LogP contribution in [0, 0.1) is 0 Å². The Labute approximate surface area is 104 Å². The second-order valence-electron chi connectivity index (χ2n) is 2.98. The zero-order valence-corrected chi connectivity index (χ0v) is 10.4. The first-order valence-electron chi connectivity index (χ1n) is 4.82. The molecule has 5 heteroatoms. The number of hydrogen-bond acceptors (Lipinski definition) is 3. The van der Waals surface area contributed by atoms with Gasteiger partial charge in [-0.3, -0.25) is 9.78 Å². The van der Waals surface area contributed by atoms with Gasteiger partial charge in [-0.25, -0.2) is 0 Å². The van der Waals surface area contributed by atoms with Gasteiger partial charge in [0.25, 0.3) is 5.91 Å². The van der Waals surface area contributed by atoms with Crippen molar-refractivity contribution in [1.82, 2.24) is 10.3 Å². The Bertz CT molecular complexity index is 371. The minimum absolute atomic E-state index is 0.183. The van der Waals surface area contributed by atoms with Crippen LogP contribution < -0.4 is 5.32 Å². The van der Waals surface area contributed by atoms with Crippen LogP contribution in [0.25, 0.3) is 0 Å². The number of aromatic nitrogens is 1. The number of nitrogens with one attached hydrogen (secondary N) is 1. The summed E-state index contributed by atoms with van der Waals surface area (Å²) in [6.45, 7) is 4.23. The average molecular weight is 257 g/mol. The van der Waals surface area contributed by atoms with Gasteiger partial charge >= 0.3 is 0 Å². The summed E-state index contributed by atoms with van der Waals surface area (Å²) in [6, 6.07) is 1.60. The molecular formula is C11H13ClN2OS. The van der Waals surface area contributed by atoms with Crippen LogP contribution in [0.2, 0.25) is 5.02 Å². The summed E-state index contributed by atoms with van der Waals surface area (Å²) in [5.41, 5.74) is 0.415. The summed E-state index contributed by atoms with van der Waals surface area (Å²) in [7, 11) is 0. The summed E-state index contributed by atoms with van der Waals surface area (Å²) in [5, 5.41) is 3.20. The molecule has 3 nitrogen and oxygen atoms in total. The number of carbonyl (C=O) groups excluding carboxylic acids is 1. The topological polar surface area (TPSA) is 42.0 Å². The molecule has 0 aliphatic carbocycles. The van der Waals surface area contributed by atoms with Gasteiger partial charge in [0, 0.05) is 30.4 Å². The largest absolute Gasteiger partial charge is 0.351 e. The first kappa shape index (κ1) is 13.1. The third kappa shape index (κ3) is 4.24. The minimum Gasteiger partial charge on any atom is -0.351 e. The maximum absolute atomic E-state index is 11.6. The molecule has 1 aromatic heterocycles. The van der Waals surface area contributed by atoms with E-state index in [1.807, 2.05) is 6.08 Å². The van der Waals surface area contributed by atoms with E-state index in [1.165, 1.54) is 6.20 Å². The standard InChI is InChI=1S/C11H13ClN2OS/c1-2-6-16-7-5-14-11(15)9-8-13-4-3-10(9)12/h2-4,8H,1,5-7H2,(H,14,15). The predicted molar refractivity (Wildman–Crippen MR) is 69.1 cm³/mol. The zero-order chi connectivity index (χ0) is 11.8. The van der Waals surface area contributed by atoms with Crippen molar-refractivity contribution in [3.05, 3.63) is 41.7 Å². The lowest BCUT2D eigenvalue weighted by molar-refractivity contribution is 0.0956. The normalized spacial score (nSPS) is 9.81. The maximum Gasteiger partial charge on any atom is 0.254 e. The van der Waals surface area contributed by atoms with Crippen molar-refractivity contribution in [2.75, 3.05) is 18.1 Å². The molecule has 0 fully saturated rings. The fraction of sp³-hybridized carbons (Fsp3) is 0.273. The molecule has 1 amide bonds. The Morgan fingerprint density at radius 1 is 1.69 bits per heavy atom. The van der Waals surface area contributed by atoms with Crippen LogP contribution >= 0.6 is 23.4 Å². The summed E-state index contributed by atoms with van der Waals surface area (Å²) in [4.78, 5) is 15.5. The molecule has 0 saturated heterocycles. The van der Waals surface area contributed by atoms with E-state index in [0.717, 1.165) is 11.5 Å². The lowest BCUT2D eigenvalue weighted by Crippen LogP contribution is -2.26. The average Bonchev–Trinajstić information content (AvgIpc) is 2.29. The van der Waals surface area contributed by atoms with Crippen molar-refractivity contribution in [2.24, 2.45) is 0 Å². The van der Waals surface area contributed by atoms with Crippen LogP contribution in [0.15, 0.2) is 31.1 Å². The Morgan fingerprint density at radius 2 is 2.50 bits per heavy atom. The molecule has 0 bridgehead atoms. The summed E-state index contributed by atoms with van der Waals surface area (Å²) in [5.74, 6) is 1.57. The molecule has 0 saturated carbocycles. The van der Waals surface area contributed by atoms with E-state index in [9.17, 15) is 4.79 Å². The van der Waals surface area contributed by atoms with Gasteiger partial charge in [0.1, 0.15) is 0 Å². The molecule has 0 unspecified atom stereocenters. The lowest BCUT2D eigenvalue weighted by atomic mass is 10.2. The number of rotatable bonds is 6. The van der Waals surface area contributed by atoms with Gasteiger partial charge in [-0.2, -0.15) is 11.8 Å². The Morgan fingerprint density at radius 3 is 3.19 bits per heavy atom. The van der Waals surface area contributed by atoms with Gasteiger partial charge in [0.2, 0.25) is 0 Å². The highest BCUT2D eigenvalue weighted by Gasteiger charge is 2.08. The fourth-order valence-corrected chi connectivity index (χ4v) is 1.81. The molecule has 0 aliphatic heterocycles. The summed E-state index contributed by atoms with van der Waals surface area (Å²) < 4.78 is 0. The number of pyridine rings is 1. The summed E-state index contributed by atoms with van der Waals surface area (Å²) in [6.07, 6.45) is 4.86. The Kier molecular flexibility index (Phi) is 5.96. The number of halogens is 1. The third-order valence-electron chi connectivity index (χ3n) is 1.78. The Hall–Kier alpha value is -1.00. The van der Waals surface area contributed by atoms with E-state index in [2.05, 4.69) is 16.9 Å². The maximum atomic E-state index is 11.6. The van der Waals surface area contributed by atoms with Gasteiger partial charge in [-0.15, -0.1) is 6.58 Å². The molecule has 0 radical (unpaired) electrons. The quantitative estimate of drug-likeness (QED) is 0.628. The molecule has 0 aromatic carbocycles. The third-order valence-corrected chi connectivity index (χ3v) is 3.07. The van der Waals surface area contributed by atoms with Gasteiger partial charge in [0.15, 0.2) is 0 Å². The molecule has 1 heterocycles.